The second kappa shape index (κ2) is 7.05. The number of hydrogen-bond donors (Lipinski definition) is 0. The highest BCUT2D eigenvalue weighted by molar-refractivity contribution is 5.97. The van der Waals surface area contributed by atoms with Crippen molar-refractivity contribution in [3.05, 3.63) is 64.5 Å². The topological polar surface area (TPSA) is 59.5 Å². The van der Waals surface area contributed by atoms with Gasteiger partial charge in [-0.1, -0.05) is 29.3 Å². The van der Waals surface area contributed by atoms with Crippen molar-refractivity contribution in [1.82, 2.24) is 9.88 Å². The van der Waals surface area contributed by atoms with Gasteiger partial charge in [0.2, 0.25) is 0 Å². The minimum atomic E-state index is -0.540. The van der Waals surface area contributed by atoms with E-state index in [9.17, 15) is 9.59 Å². The maximum atomic E-state index is 13.0. The van der Waals surface area contributed by atoms with E-state index in [0.717, 1.165) is 12.8 Å². The molecule has 0 bridgehead atoms. The number of likely N-dealkylation sites (tertiary alicyclic amines) is 1. The van der Waals surface area contributed by atoms with E-state index in [4.69, 9.17) is 0 Å². The second-order valence-electron chi connectivity index (χ2n) is 6.50. The van der Waals surface area contributed by atoms with Crippen molar-refractivity contribution in [3.63, 3.8) is 0 Å². The largest absolute Gasteiger partial charge is 0.464 e. The number of pyridine rings is 1. The standard InChI is InChI=1S/C20H22N2O3/c1-13-9-14(2)11-16(10-13)18-5-4-8-22(18)19(23)15-6-7-21-17(12-15)20(24)25-3/h6-7,9-12,18H,4-5,8H2,1-3H3/t18-/m1/s1. The van der Waals surface area contributed by atoms with Gasteiger partial charge in [0.25, 0.3) is 5.91 Å². The van der Waals surface area contributed by atoms with E-state index in [0.29, 0.717) is 12.1 Å². The molecular weight excluding hydrogens is 316 g/mol. The maximum absolute atomic E-state index is 13.0. The third kappa shape index (κ3) is 3.55. The molecule has 2 aromatic rings. The van der Waals surface area contributed by atoms with Crippen LogP contribution in [0, 0.1) is 13.8 Å². The van der Waals surface area contributed by atoms with E-state index >= 15 is 0 Å². The normalized spacial score (nSPS) is 16.8. The Morgan fingerprint density at radius 2 is 1.88 bits per heavy atom. The van der Waals surface area contributed by atoms with Crippen molar-refractivity contribution >= 4 is 11.9 Å². The number of nitrogens with zero attached hydrogens (tertiary/aromatic N) is 2. The molecule has 0 radical (unpaired) electrons. The average Bonchev–Trinajstić information content (AvgIpc) is 3.09. The van der Waals surface area contributed by atoms with Crippen LogP contribution in [0.25, 0.3) is 0 Å². The van der Waals surface area contributed by atoms with Crippen molar-refractivity contribution in [2.24, 2.45) is 0 Å². The molecule has 0 saturated carbocycles. The number of carbonyl (C=O) groups is 2. The summed E-state index contributed by atoms with van der Waals surface area (Å²) in [5.41, 5.74) is 4.19. The molecule has 1 amide bonds. The lowest BCUT2D eigenvalue weighted by Gasteiger charge is -2.26. The minimum absolute atomic E-state index is 0.0702. The number of aryl methyl sites for hydroxylation is 2. The van der Waals surface area contributed by atoms with Crippen LogP contribution in [0.4, 0.5) is 0 Å². The van der Waals surface area contributed by atoms with Crippen LogP contribution in [0.3, 0.4) is 0 Å². The lowest BCUT2D eigenvalue weighted by molar-refractivity contribution is 0.0594. The predicted molar refractivity (Wildman–Crippen MR) is 94.5 cm³/mol. The van der Waals surface area contributed by atoms with Gasteiger partial charge in [-0.25, -0.2) is 9.78 Å². The smallest absolute Gasteiger partial charge is 0.356 e. The lowest BCUT2D eigenvalue weighted by atomic mass is 9.99. The maximum Gasteiger partial charge on any atom is 0.356 e. The highest BCUT2D eigenvalue weighted by atomic mass is 16.5. The summed E-state index contributed by atoms with van der Waals surface area (Å²) in [7, 11) is 1.30. The fourth-order valence-electron chi connectivity index (χ4n) is 3.50. The molecule has 1 aromatic carbocycles. The molecule has 1 atom stereocenters. The van der Waals surface area contributed by atoms with Gasteiger partial charge >= 0.3 is 5.97 Å². The third-order valence-corrected chi connectivity index (χ3v) is 4.54. The van der Waals surface area contributed by atoms with Crippen LogP contribution < -0.4 is 0 Å². The Balaban J connectivity index is 1.89. The molecule has 0 N–H and O–H groups in total. The summed E-state index contributed by atoms with van der Waals surface area (Å²) in [5.74, 6) is -0.615. The summed E-state index contributed by atoms with van der Waals surface area (Å²) >= 11 is 0. The van der Waals surface area contributed by atoms with E-state index in [1.165, 1.54) is 36.1 Å². The molecule has 0 unspecified atom stereocenters. The summed E-state index contributed by atoms with van der Waals surface area (Å²) in [5, 5.41) is 0. The molecular formula is C20H22N2O3. The van der Waals surface area contributed by atoms with E-state index in [1.54, 1.807) is 6.07 Å². The van der Waals surface area contributed by atoms with Crippen LogP contribution in [0.15, 0.2) is 36.5 Å². The van der Waals surface area contributed by atoms with Crippen molar-refractivity contribution in [2.75, 3.05) is 13.7 Å². The molecule has 1 aliphatic rings. The van der Waals surface area contributed by atoms with Gasteiger partial charge in [0.1, 0.15) is 5.69 Å². The quantitative estimate of drug-likeness (QED) is 0.804. The number of esters is 1. The highest BCUT2D eigenvalue weighted by Crippen LogP contribution is 2.34. The number of amides is 1. The summed E-state index contributed by atoms with van der Waals surface area (Å²) in [6, 6.07) is 9.65. The SMILES string of the molecule is COC(=O)c1cc(C(=O)N2CCC[C@@H]2c2cc(C)cc(C)c2)ccn1. The number of benzene rings is 1. The fourth-order valence-corrected chi connectivity index (χ4v) is 3.50. The highest BCUT2D eigenvalue weighted by Gasteiger charge is 2.31. The van der Waals surface area contributed by atoms with Gasteiger partial charge in [0, 0.05) is 18.3 Å². The van der Waals surface area contributed by atoms with E-state index in [1.807, 2.05) is 4.90 Å². The number of rotatable bonds is 3. The Labute approximate surface area is 147 Å². The van der Waals surface area contributed by atoms with Crippen LogP contribution in [-0.2, 0) is 4.74 Å². The van der Waals surface area contributed by atoms with Crippen molar-refractivity contribution in [2.45, 2.75) is 32.7 Å². The molecule has 130 valence electrons. The first-order valence-corrected chi connectivity index (χ1v) is 8.43. The first kappa shape index (κ1) is 17.1. The zero-order chi connectivity index (χ0) is 18.0. The molecule has 5 nitrogen and oxygen atoms in total. The molecule has 1 saturated heterocycles. The summed E-state index contributed by atoms with van der Waals surface area (Å²) < 4.78 is 4.69. The average molecular weight is 338 g/mol. The monoisotopic (exact) mass is 338 g/mol. The first-order valence-electron chi connectivity index (χ1n) is 8.43. The summed E-state index contributed by atoms with van der Waals surface area (Å²) in [6.45, 7) is 4.86. The zero-order valence-corrected chi connectivity index (χ0v) is 14.8. The van der Waals surface area contributed by atoms with Gasteiger partial charge in [-0.05, 0) is 44.4 Å². The Morgan fingerprint density at radius 1 is 1.16 bits per heavy atom. The Hall–Kier alpha value is -2.69. The van der Waals surface area contributed by atoms with Crippen LogP contribution in [0.2, 0.25) is 0 Å². The molecule has 1 aromatic heterocycles. The minimum Gasteiger partial charge on any atom is -0.464 e. The van der Waals surface area contributed by atoms with Gasteiger partial charge in [-0.15, -0.1) is 0 Å². The van der Waals surface area contributed by atoms with E-state index in [2.05, 4.69) is 41.8 Å². The van der Waals surface area contributed by atoms with Crippen LogP contribution in [-0.4, -0.2) is 35.4 Å². The molecule has 5 heteroatoms. The Bertz CT molecular complexity index is 796. The van der Waals surface area contributed by atoms with Gasteiger partial charge < -0.3 is 9.64 Å². The predicted octanol–water partition coefficient (Wildman–Crippen LogP) is 3.46. The van der Waals surface area contributed by atoms with Gasteiger partial charge in [-0.2, -0.15) is 0 Å². The van der Waals surface area contributed by atoms with Crippen LogP contribution in [0.1, 0.15) is 56.4 Å². The molecule has 0 aliphatic carbocycles. The Kier molecular flexibility index (Phi) is 4.83. The number of hydrogen-bond acceptors (Lipinski definition) is 4. The number of carbonyl (C=O) groups excluding carboxylic acids is 2. The fraction of sp³-hybridized carbons (Fsp3) is 0.350. The third-order valence-electron chi connectivity index (χ3n) is 4.54. The van der Waals surface area contributed by atoms with Crippen LogP contribution in [0.5, 0.6) is 0 Å². The van der Waals surface area contributed by atoms with Crippen molar-refractivity contribution in [3.8, 4) is 0 Å². The van der Waals surface area contributed by atoms with Gasteiger partial charge in [-0.3, -0.25) is 4.79 Å². The number of aromatic nitrogens is 1. The van der Waals surface area contributed by atoms with Gasteiger partial charge in [0.05, 0.1) is 13.2 Å². The number of ether oxygens (including phenoxy) is 1. The summed E-state index contributed by atoms with van der Waals surface area (Å²) in [4.78, 5) is 30.5. The van der Waals surface area contributed by atoms with Crippen molar-refractivity contribution in [1.29, 1.82) is 0 Å². The van der Waals surface area contributed by atoms with Crippen LogP contribution >= 0.6 is 0 Å². The van der Waals surface area contributed by atoms with E-state index in [-0.39, 0.29) is 17.6 Å². The second-order valence-corrected chi connectivity index (χ2v) is 6.50. The van der Waals surface area contributed by atoms with E-state index < -0.39 is 5.97 Å². The first-order chi connectivity index (χ1) is 12.0. The zero-order valence-electron chi connectivity index (χ0n) is 14.8. The Morgan fingerprint density at radius 3 is 2.56 bits per heavy atom. The molecule has 1 fully saturated rings. The molecule has 3 rings (SSSR count). The number of methoxy groups -OCH3 is 1. The lowest BCUT2D eigenvalue weighted by Crippen LogP contribution is -2.30. The molecule has 25 heavy (non-hydrogen) atoms. The molecule has 1 aliphatic heterocycles. The molecule has 0 spiro atoms. The van der Waals surface area contributed by atoms with Gasteiger partial charge in [0.15, 0.2) is 0 Å². The molecule has 2 heterocycles. The summed E-state index contributed by atoms with van der Waals surface area (Å²) in [6.07, 6.45) is 3.39. The van der Waals surface area contributed by atoms with Crippen molar-refractivity contribution < 1.29 is 14.3 Å².